The maximum absolute atomic E-state index is 13.7. The van der Waals surface area contributed by atoms with Crippen molar-refractivity contribution in [2.45, 2.75) is 167 Å². The number of allylic oxidation sites excluding steroid dienone is 2. The van der Waals surface area contributed by atoms with Crippen molar-refractivity contribution in [2.24, 2.45) is 11.3 Å². The zero-order valence-corrected chi connectivity index (χ0v) is 29.8. The van der Waals surface area contributed by atoms with Gasteiger partial charge in [0.25, 0.3) is 0 Å². The quantitative estimate of drug-likeness (QED) is 0.124. The van der Waals surface area contributed by atoms with Crippen molar-refractivity contribution in [3.8, 4) is 0 Å². The van der Waals surface area contributed by atoms with Crippen LogP contribution in [-0.4, -0.2) is 32.0 Å². The smallest absolute Gasteiger partial charge is 0.342 e. The number of esters is 4. The van der Waals surface area contributed by atoms with Gasteiger partial charge in [0.2, 0.25) is 0 Å². The van der Waals surface area contributed by atoms with E-state index in [2.05, 4.69) is 13.1 Å². The minimum Gasteiger partial charge on any atom is -0.386 e. The lowest BCUT2D eigenvalue weighted by molar-refractivity contribution is -0.157. The molecule has 2 aliphatic carbocycles. The second-order valence-corrected chi connectivity index (χ2v) is 20.3. The predicted octanol–water partition coefficient (Wildman–Crippen LogP) is 10.1. The van der Waals surface area contributed by atoms with Crippen LogP contribution in [0.4, 0.5) is 0 Å². The first-order valence-electron chi connectivity index (χ1n) is 18.1. The topological polar surface area (TPSA) is 86.7 Å². The molecule has 3 rings (SSSR count). The fourth-order valence-corrected chi connectivity index (χ4v) is 10.8. The molecule has 6 nitrogen and oxygen atoms in total. The van der Waals surface area contributed by atoms with Gasteiger partial charge in [0.1, 0.15) is 0 Å². The minimum atomic E-state index is -1.34. The average molecular weight is 641 g/mol. The van der Waals surface area contributed by atoms with Crippen molar-refractivity contribution >= 4 is 32.0 Å². The summed E-state index contributed by atoms with van der Waals surface area (Å²) < 4.78 is 10.9. The van der Waals surface area contributed by atoms with Gasteiger partial charge in [0.15, 0.2) is 0 Å². The van der Waals surface area contributed by atoms with Crippen LogP contribution in [0.3, 0.4) is 0 Å². The lowest BCUT2D eigenvalue weighted by atomic mass is 9.73. The fourth-order valence-electron chi connectivity index (χ4n) is 7.19. The second-order valence-electron chi connectivity index (χ2n) is 15.1. The van der Waals surface area contributed by atoms with Gasteiger partial charge in [0, 0.05) is 25.3 Å². The van der Waals surface area contributed by atoms with Crippen molar-refractivity contribution in [2.75, 3.05) is 0 Å². The number of rotatable bonds is 6. The number of hydrogen-bond acceptors (Lipinski definition) is 6. The highest BCUT2D eigenvalue weighted by molar-refractivity contribution is 6.80. The van der Waals surface area contributed by atoms with Gasteiger partial charge in [-0.2, -0.15) is 0 Å². The third-order valence-electron chi connectivity index (χ3n) is 10.3. The van der Waals surface area contributed by atoms with Gasteiger partial charge in [0.05, 0.1) is 5.57 Å². The van der Waals surface area contributed by atoms with E-state index in [1.165, 1.54) is 38.5 Å². The van der Waals surface area contributed by atoms with Crippen LogP contribution in [0.5, 0.6) is 0 Å². The van der Waals surface area contributed by atoms with E-state index in [4.69, 9.17) is 9.47 Å². The summed E-state index contributed by atoms with van der Waals surface area (Å²) in [6, 6.07) is 2.04. The molecule has 1 heterocycles. The van der Waals surface area contributed by atoms with E-state index in [-0.39, 0.29) is 11.5 Å². The summed E-state index contributed by atoms with van der Waals surface area (Å²) in [6.45, 7) is 8.53. The Morgan fingerprint density at radius 3 is 1.49 bits per heavy atom. The summed E-state index contributed by atoms with van der Waals surface area (Å²) in [5.74, 6) is -2.75. The van der Waals surface area contributed by atoms with Gasteiger partial charge in [-0.1, -0.05) is 128 Å². The molecule has 0 amide bonds. The second kappa shape index (κ2) is 18.8. The third-order valence-corrected chi connectivity index (χ3v) is 13.5. The van der Waals surface area contributed by atoms with Gasteiger partial charge in [-0.3, -0.25) is 0 Å². The van der Waals surface area contributed by atoms with Crippen molar-refractivity contribution in [3.05, 3.63) is 34.9 Å². The molecule has 0 N–H and O–H groups in total. The van der Waals surface area contributed by atoms with Gasteiger partial charge < -0.3 is 9.47 Å². The highest BCUT2D eigenvalue weighted by Gasteiger charge is 2.49. The third kappa shape index (κ3) is 12.8. The molecule has 0 radical (unpaired) electrons. The van der Waals surface area contributed by atoms with Gasteiger partial charge >= 0.3 is 23.9 Å². The van der Waals surface area contributed by atoms with Crippen LogP contribution >= 0.6 is 0 Å². The molecule has 0 bridgehead atoms. The molecule has 0 aromatic carbocycles. The molecule has 45 heavy (non-hydrogen) atoms. The van der Waals surface area contributed by atoms with Crippen molar-refractivity contribution in [1.82, 2.24) is 0 Å². The molecule has 3 aliphatic rings. The lowest BCUT2D eigenvalue weighted by Gasteiger charge is -2.49. The summed E-state index contributed by atoms with van der Waals surface area (Å²) in [4.78, 5) is 53.5. The Hall–Kier alpha value is -2.28. The first kappa shape index (κ1) is 37.2. The van der Waals surface area contributed by atoms with Crippen molar-refractivity contribution in [1.29, 1.82) is 0 Å². The Bertz CT molecular complexity index is 1100. The minimum absolute atomic E-state index is 0.115. The van der Waals surface area contributed by atoms with E-state index in [9.17, 15) is 19.2 Å². The molecule has 0 saturated carbocycles. The van der Waals surface area contributed by atoms with Gasteiger partial charge in [-0.15, -0.1) is 0 Å². The Kier molecular flexibility index (Phi) is 15.5. The summed E-state index contributed by atoms with van der Waals surface area (Å²) in [5.41, 5.74) is 0.488. The Labute approximate surface area is 273 Å². The van der Waals surface area contributed by atoms with E-state index < -0.39 is 37.4 Å². The number of carbonyl (C=O) groups excluding carboxylic acids is 4. The molecule has 1 fully saturated rings. The average Bonchev–Trinajstić information content (AvgIpc) is 2.95. The maximum atomic E-state index is 13.7. The van der Waals surface area contributed by atoms with Gasteiger partial charge in [-0.05, 0) is 62.7 Å². The van der Waals surface area contributed by atoms with E-state index >= 15 is 0 Å². The molecular formula is C38H60O6Si. The van der Waals surface area contributed by atoms with Gasteiger partial charge in [-0.25, -0.2) is 19.2 Å². The highest BCUT2D eigenvalue weighted by atomic mass is 28.3. The van der Waals surface area contributed by atoms with Crippen LogP contribution in [0.15, 0.2) is 34.9 Å². The van der Waals surface area contributed by atoms with Crippen LogP contribution in [0, 0.1) is 11.3 Å². The van der Waals surface area contributed by atoms with E-state index in [1.807, 2.05) is 26.0 Å². The largest absolute Gasteiger partial charge is 0.386 e. The summed E-state index contributed by atoms with van der Waals surface area (Å²) >= 11 is 0. The predicted molar refractivity (Wildman–Crippen MR) is 183 cm³/mol. The van der Waals surface area contributed by atoms with Crippen molar-refractivity contribution < 1.29 is 28.7 Å². The summed E-state index contributed by atoms with van der Waals surface area (Å²) in [5, 5.41) is 0. The molecule has 1 saturated heterocycles. The zero-order chi connectivity index (χ0) is 32.7. The first-order valence-corrected chi connectivity index (χ1v) is 21.5. The molecule has 1 aliphatic heterocycles. The van der Waals surface area contributed by atoms with Crippen LogP contribution in [0.1, 0.15) is 142 Å². The molecule has 0 spiro atoms. The maximum Gasteiger partial charge on any atom is 0.342 e. The molecule has 0 aromatic rings. The van der Waals surface area contributed by atoms with Crippen LogP contribution < -0.4 is 0 Å². The Balaban J connectivity index is 1.77. The Morgan fingerprint density at radius 2 is 1.04 bits per heavy atom. The van der Waals surface area contributed by atoms with Crippen LogP contribution in [0.2, 0.25) is 25.2 Å². The fraction of sp³-hybridized carbons (Fsp3) is 0.737. The van der Waals surface area contributed by atoms with Crippen molar-refractivity contribution in [3.63, 3.8) is 0 Å². The normalized spacial score (nSPS) is 24.3. The van der Waals surface area contributed by atoms with E-state index in [0.29, 0.717) is 24.0 Å². The monoisotopic (exact) mass is 640 g/mol. The summed E-state index contributed by atoms with van der Waals surface area (Å²) in [7, 11) is -1.34. The standard InChI is InChI=1S/C38H60O6Si/c1-38(2,32-28-45(3,4)29-32)33(37(42)44-36(41)31-25-21-17-13-9-6-10-14-18-22-26-31)27-34(39)43-35(40)30-23-19-15-11-7-5-8-12-16-20-24-30/h23,25,27,32H,5-22,24,26,28-29H2,1-4H3/b30-23+,31-25+,33-27+. The molecule has 7 heteroatoms. The van der Waals surface area contributed by atoms with E-state index in [1.54, 1.807) is 0 Å². The lowest BCUT2D eigenvalue weighted by Crippen LogP contribution is -2.49. The first-order chi connectivity index (χ1) is 21.5. The molecular weight excluding hydrogens is 580 g/mol. The highest BCUT2D eigenvalue weighted by Crippen LogP contribution is 2.52. The zero-order valence-electron chi connectivity index (χ0n) is 28.8. The number of carbonyl (C=O) groups is 4. The Morgan fingerprint density at radius 1 is 0.644 bits per heavy atom. The number of ether oxygens (including phenoxy) is 2. The van der Waals surface area contributed by atoms with E-state index in [0.717, 1.165) is 95.2 Å². The summed E-state index contributed by atoms with van der Waals surface area (Å²) in [6.07, 6.45) is 25.6. The molecule has 0 atom stereocenters. The molecule has 0 unspecified atom stereocenters. The number of hydrogen-bond donors (Lipinski definition) is 0. The molecule has 0 aromatic heterocycles. The van der Waals surface area contributed by atoms with Crippen LogP contribution in [0.25, 0.3) is 0 Å². The SMILES string of the molecule is CC(C)(/C(=C/C(=O)OC(=O)/C1=C/CCCCCCCCCC1)C(=O)OC(=O)/C1=C/CCCCCCCCCC1)C1C[Si](C)(C)C1. The molecule has 252 valence electrons. The van der Waals surface area contributed by atoms with Crippen LogP contribution in [-0.2, 0) is 28.7 Å².